The third-order valence-corrected chi connectivity index (χ3v) is 4.03. The van der Waals surface area contributed by atoms with E-state index in [4.69, 9.17) is 0 Å². The van der Waals surface area contributed by atoms with E-state index in [1.807, 2.05) is 0 Å². The fourth-order valence-corrected chi connectivity index (χ4v) is 2.58. The maximum Gasteiger partial charge on any atom is -0.00154 e. The Morgan fingerprint density at radius 2 is 1.65 bits per heavy atom. The van der Waals surface area contributed by atoms with Crippen molar-refractivity contribution in [3.8, 4) is 0 Å². The molecular formula is C19H33N. The number of hydrogen-bond donors (Lipinski definition) is 1. The van der Waals surface area contributed by atoms with Crippen molar-refractivity contribution in [2.75, 3.05) is 13.1 Å². The lowest BCUT2D eigenvalue weighted by atomic mass is 9.77. The molecule has 20 heavy (non-hydrogen) atoms. The largest absolute Gasteiger partial charge is 0.316 e. The van der Waals surface area contributed by atoms with Crippen molar-refractivity contribution in [1.82, 2.24) is 5.32 Å². The van der Waals surface area contributed by atoms with Gasteiger partial charge in [-0.25, -0.2) is 0 Å². The Bertz CT molecular complexity index is 348. The van der Waals surface area contributed by atoms with E-state index < -0.39 is 0 Å². The first-order chi connectivity index (χ1) is 9.39. The van der Waals surface area contributed by atoms with Gasteiger partial charge in [-0.2, -0.15) is 0 Å². The maximum atomic E-state index is 3.64. The molecule has 0 radical (unpaired) electrons. The molecule has 0 spiro atoms. The summed E-state index contributed by atoms with van der Waals surface area (Å²) in [6.07, 6.45) is 3.80. The van der Waals surface area contributed by atoms with Gasteiger partial charge in [-0.1, -0.05) is 65.0 Å². The molecule has 0 fully saturated rings. The lowest BCUT2D eigenvalue weighted by molar-refractivity contribution is 0.213. The summed E-state index contributed by atoms with van der Waals surface area (Å²) in [7, 11) is 0. The molecule has 1 nitrogen and oxygen atoms in total. The van der Waals surface area contributed by atoms with Gasteiger partial charge in [0.15, 0.2) is 0 Å². The van der Waals surface area contributed by atoms with Gasteiger partial charge < -0.3 is 5.32 Å². The lowest BCUT2D eigenvalue weighted by Gasteiger charge is -2.31. The summed E-state index contributed by atoms with van der Waals surface area (Å²) >= 11 is 0. The van der Waals surface area contributed by atoms with Crippen LogP contribution in [0.25, 0.3) is 0 Å². The summed E-state index contributed by atoms with van der Waals surface area (Å²) in [6, 6.07) is 10.9. The maximum absolute atomic E-state index is 3.64. The second-order valence-corrected chi connectivity index (χ2v) is 7.49. The van der Waals surface area contributed by atoms with E-state index in [0.717, 1.165) is 24.9 Å². The molecule has 0 heterocycles. The van der Waals surface area contributed by atoms with Crippen LogP contribution in [0, 0.1) is 17.3 Å². The van der Waals surface area contributed by atoms with Crippen LogP contribution < -0.4 is 5.32 Å². The predicted molar refractivity (Wildman–Crippen MR) is 90.0 cm³/mol. The Hall–Kier alpha value is -0.820. The van der Waals surface area contributed by atoms with Crippen molar-refractivity contribution in [3.63, 3.8) is 0 Å². The Morgan fingerprint density at radius 3 is 2.20 bits per heavy atom. The van der Waals surface area contributed by atoms with Crippen LogP contribution in [0.15, 0.2) is 30.3 Å². The summed E-state index contributed by atoms with van der Waals surface area (Å²) < 4.78 is 0. The van der Waals surface area contributed by atoms with Crippen molar-refractivity contribution in [3.05, 3.63) is 35.9 Å². The van der Waals surface area contributed by atoms with Gasteiger partial charge in [0.1, 0.15) is 0 Å². The molecule has 0 aliphatic carbocycles. The highest BCUT2D eigenvalue weighted by Gasteiger charge is 2.23. The molecule has 0 aliphatic heterocycles. The smallest absolute Gasteiger partial charge is 0.00154 e. The minimum Gasteiger partial charge on any atom is -0.316 e. The summed E-state index contributed by atoms with van der Waals surface area (Å²) in [4.78, 5) is 0. The van der Waals surface area contributed by atoms with Gasteiger partial charge >= 0.3 is 0 Å². The van der Waals surface area contributed by atoms with Gasteiger partial charge in [-0.15, -0.1) is 0 Å². The summed E-state index contributed by atoms with van der Waals surface area (Å²) in [5, 5.41) is 3.64. The minimum absolute atomic E-state index is 0.390. The molecular weight excluding hydrogens is 242 g/mol. The standard InChI is InChI=1S/C19H33N/c1-16(2)14-20-15-18(19(3,4)5)13-9-12-17-10-7-6-8-11-17/h6-8,10-11,16,18,20H,9,12-15H2,1-5H3. The van der Waals surface area contributed by atoms with Crippen molar-refractivity contribution in [2.45, 2.75) is 53.9 Å². The van der Waals surface area contributed by atoms with Crippen molar-refractivity contribution < 1.29 is 0 Å². The predicted octanol–water partition coefficient (Wildman–Crippen LogP) is 4.92. The van der Waals surface area contributed by atoms with Gasteiger partial charge in [0.25, 0.3) is 0 Å². The first-order valence-electron chi connectivity index (χ1n) is 8.14. The number of benzene rings is 1. The van der Waals surface area contributed by atoms with Crippen molar-refractivity contribution >= 4 is 0 Å². The highest BCUT2D eigenvalue weighted by molar-refractivity contribution is 5.14. The highest BCUT2D eigenvalue weighted by atomic mass is 14.9. The molecule has 1 heteroatoms. The van der Waals surface area contributed by atoms with E-state index in [0.29, 0.717) is 5.41 Å². The second-order valence-electron chi connectivity index (χ2n) is 7.49. The fourth-order valence-electron chi connectivity index (χ4n) is 2.58. The van der Waals surface area contributed by atoms with E-state index in [-0.39, 0.29) is 0 Å². The Kier molecular flexibility index (Phi) is 7.29. The molecule has 114 valence electrons. The van der Waals surface area contributed by atoms with Crippen LogP contribution in [0.4, 0.5) is 0 Å². The van der Waals surface area contributed by atoms with Gasteiger partial charge in [0, 0.05) is 0 Å². The fraction of sp³-hybridized carbons (Fsp3) is 0.684. The van der Waals surface area contributed by atoms with Gasteiger partial charge in [-0.3, -0.25) is 0 Å². The molecule has 1 rings (SSSR count). The third-order valence-electron chi connectivity index (χ3n) is 4.03. The minimum atomic E-state index is 0.390. The first kappa shape index (κ1) is 17.2. The highest BCUT2D eigenvalue weighted by Crippen LogP contribution is 2.29. The monoisotopic (exact) mass is 275 g/mol. The van der Waals surface area contributed by atoms with Crippen LogP contribution in [0.2, 0.25) is 0 Å². The number of hydrogen-bond acceptors (Lipinski definition) is 1. The molecule has 1 atom stereocenters. The molecule has 0 saturated carbocycles. The Balaban J connectivity index is 2.37. The molecule has 1 unspecified atom stereocenters. The van der Waals surface area contributed by atoms with Crippen LogP contribution in [0.5, 0.6) is 0 Å². The van der Waals surface area contributed by atoms with Gasteiger partial charge in [0.2, 0.25) is 0 Å². The van der Waals surface area contributed by atoms with Crippen LogP contribution >= 0.6 is 0 Å². The van der Waals surface area contributed by atoms with Gasteiger partial charge in [-0.05, 0) is 55.2 Å². The van der Waals surface area contributed by atoms with Crippen molar-refractivity contribution in [1.29, 1.82) is 0 Å². The average Bonchev–Trinajstić information content (AvgIpc) is 2.36. The zero-order valence-electron chi connectivity index (χ0n) is 14.1. The van der Waals surface area contributed by atoms with E-state index in [2.05, 4.69) is 70.3 Å². The van der Waals surface area contributed by atoms with Gasteiger partial charge in [0.05, 0.1) is 0 Å². The van der Waals surface area contributed by atoms with Crippen LogP contribution in [-0.2, 0) is 6.42 Å². The summed E-state index contributed by atoms with van der Waals surface area (Å²) in [6.45, 7) is 13.9. The Morgan fingerprint density at radius 1 is 1.00 bits per heavy atom. The summed E-state index contributed by atoms with van der Waals surface area (Å²) in [5.41, 5.74) is 1.86. The molecule has 0 aliphatic rings. The van der Waals surface area contributed by atoms with Crippen LogP contribution in [0.3, 0.4) is 0 Å². The molecule has 0 saturated heterocycles. The first-order valence-corrected chi connectivity index (χ1v) is 8.14. The van der Waals surface area contributed by atoms with E-state index in [9.17, 15) is 0 Å². The van der Waals surface area contributed by atoms with Crippen molar-refractivity contribution in [2.24, 2.45) is 17.3 Å². The van der Waals surface area contributed by atoms with E-state index in [1.54, 1.807) is 0 Å². The number of aryl methyl sites for hydroxylation is 1. The molecule has 1 aromatic rings. The van der Waals surface area contributed by atoms with Crippen LogP contribution in [-0.4, -0.2) is 13.1 Å². The average molecular weight is 275 g/mol. The zero-order valence-corrected chi connectivity index (χ0v) is 14.1. The van der Waals surface area contributed by atoms with E-state index >= 15 is 0 Å². The second kappa shape index (κ2) is 8.46. The quantitative estimate of drug-likeness (QED) is 0.710. The normalized spacial score (nSPS) is 13.7. The lowest BCUT2D eigenvalue weighted by Crippen LogP contribution is -2.33. The molecule has 0 amide bonds. The number of nitrogens with one attached hydrogen (secondary N) is 1. The molecule has 0 bridgehead atoms. The summed E-state index contributed by atoms with van der Waals surface area (Å²) in [5.74, 6) is 1.49. The molecule has 1 N–H and O–H groups in total. The van der Waals surface area contributed by atoms with E-state index in [1.165, 1.54) is 24.8 Å². The third kappa shape index (κ3) is 7.09. The van der Waals surface area contributed by atoms with Crippen LogP contribution in [0.1, 0.15) is 53.0 Å². The topological polar surface area (TPSA) is 12.0 Å². The molecule has 0 aromatic heterocycles. The molecule has 1 aromatic carbocycles. The Labute approximate surface area is 126 Å². The number of rotatable bonds is 8. The zero-order chi connectivity index (χ0) is 15.0. The SMILES string of the molecule is CC(C)CNCC(CCCc1ccccc1)C(C)(C)C.